The largest absolute Gasteiger partial charge is 0.369 e. The third-order valence-corrected chi connectivity index (χ3v) is 3.29. The van der Waals surface area contributed by atoms with E-state index in [1.165, 1.54) is 0 Å². The number of aromatic nitrogens is 3. The van der Waals surface area contributed by atoms with Gasteiger partial charge in [0.1, 0.15) is 5.52 Å². The molecule has 0 spiro atoms. The molecule has 0 atom stereocenters. The third kappa shape index (κ3) is 2.46. The minimum Gasteiger partial charge on any atom is -0.369 e. The van der Waals surface area contributed by atoms with Crippen LogP contribution in [-0.2, 0) is 6.54 Å². The van der Waals surface area contributed by atoms with Gasteiger partial charge in [-0.2, -0.15) is 0 Å². The van der Waals surface area contributed by atoms with Crippen LogP contribution in [0.15, 0.2) is 12.3 Å². The van der Waals surface area contributed by atoms with E-state index in [1.807, 2.05) is 23.8 Å². The molecule has 2 aromatic heterocycles. The van der Waals surface area contributed by atoms with Crippen LogP contribution >= 0.6 is 0 Å². The first kappa shape index (κ1) is 12.8. The van der Waals surface area contributed by atoms with Crippen molar-refractivity contribution in [1.29, 1.82) is 0 Å². The monoisotopic (exact) mass is 247 g/mol. The minimum atomic E-state index is 0.551. The maximum atomic E-state index is 5.97. The lowest BCUT2D eigenvalue weighted by atomic mass is 10.3. The molecule has 0 aliphatic carbocycles. The van der Waals surface area contributed by atoms with E-state index < -0.39 is 0 Å². The number of likely N-dealkylation sites (N-methyl/N-ethyl adjacent to an activating group) is 1. The molecule has 2 heterocycles. The van der Waals surface area contributed by atoms with E-state index in [2.05, 4.69) is 28.7 Å². The molecule has 0 aliphatic heterocycles. The highest BCUT2D eigenvalue weighted by Crippen LogP contribution is 2.16. The number of anilines is 1. The van der Waals surface area contributed by atoms with Gasteiger partial charge in [0, 0.05) is 19.3 Å². The van der Waals surface area contributed by atoms with Crippen LogP contribution in [0, 0.1) is 6.92 Å². The molecule has 0 aliphatic rings. The molecule has 0 saturated heterocycles. The fourth-order valence-electron chi connectivity index (χ4n) is 2.13. The number of aryl methyl sites for hydroxylation is 1. The zero-order valence-corrected chi connectivity index (χ0v) is 11.3. The van der Waals surface area contributed by atoms with Crippen LogP contribution in [0.1, 0.15) is 19.4 Å². The highest BCUT2D eigenvalue weighted by Gasteiger charge is 2.10. The summed E-state index contributed by atoms with van der Waals surface area (Å²) in [5, 5.41) is 0. The van der Waals surface area contributed by atoms with E-state index in [-0.39, 0.29) is 0 Å². The van der Waals surface area contributed by atoms with Gasteiger partial charge in [0.15, 0.2) is 5.65 Å². The number of pyridine rings is 1. The molecule has 0 aromatic carbocycles. The standard InChI is InChI=1S/C13H21N5/c1-4-17(5-2)6-7-18-12-11(16-13(18)14)8-10(3)9-15-12/h8-9H,4-7H2,1-3H3,(H2,14,16). The van der Waals surface area contributed by atoms with Gasteiger partial charge in [0.25, 0.3) is 0 Å². The lowest BCUT2D eigenvalue weighted by Gasteiger charge is -2.18. The Labute approximate surface area is 108 Å². The number of imidazole rings is 1. The van der Waals surface area contributed by atoms with Crippen molar-refractivity contribution in [2.24, 2.45) is 0 Å². The zero-order chi connectivity index (χ0) is 13.1. The Bertz CT molecular complexity index is 527. The Morgan fingerprint density at radius 2 is 2.06 bits per heavy atom. The second-order valence-corrected chi connectivity index (χ2v) is 4.50. The van der Waals surface area contributed by atoms with E-state index in [9.17, 15) is 0 Å². The van der Waals surface area contributed by atoms with Crippen molar-refractivity contribution in [2.75, 3.05) is 25.4 Å². The molecule has 2 N–H and O–H groups in total. The molecule has 2 aromatic rings. The summed E-state index contributed by atoms with van der Waals surface area (Å²) in [6, 6.07) is 2.02. The molecule has 0 saturated carbocycles. The SMILES string of the molecule is CCN(CC)CCn1c(N)nc2cc(C)cnc21. The number of rotatable bonds is 5. The number of hydrogen-bond acceptors (Lipinski definition) is 4. The molecule has 0 unspecified atom stereocenters. The Kier molecular flexibility index (Phi) is 3.81. The molecule has 0 fully saturated rings. The van der Waals surface area contributed by atoms with Gasteiger partial charge in [-0.05, 0) is 31.6 Å². The van der Waals surface area contributed by atoms with Crippen LogP contribution in [0.4, 0.5) is 5.95 Å². The van der Waals surface area contributed by atoms with Crippen molar-refractivity contribution in [2.45, 2.75) is 27.3 Å². The van der Waals surface area contributed by atoms with E-state index in [4.69, 9.17) is 5.73 Å². The molecular formula is C13H21N5. The van der Waals surface area contributed by atoms with Crippen LogP contribution < -0.4 is 5.73 Å². The molecule has 5 nitrogen and oxygen atoms in total. The summed E-state index contributed by atoms with van der Waals surface area (Å²) in [7, 11) is 0. The van der Waals surface area contributed by atoms with Crippen LogP contribution in [0.3, 0.4) is 0 Å². The number of fused-ring (bicyclic) bond motifs is 1. The first-order valence-corrected chi connectivity index (χ1v) is 6.46. The summed E-state index contributed by atoms with van der Waals surface area (Å²) in [6.45, 7) is 10.3. The van der Waals surface area contributed by atoms with E-state index >= 15 is 0 Å². The number of hydrogen-bond donors (Lipinski definition) is 1. The van der Waals surface area contributed by atoms with Gasteiger partial charge in [-0.25, -0.2) is 9.97 Å². The molecule has 5 heteroatoms. The fraction of sp³-hybridized carbons (Fsp3) is 0.538. The number of nitrogen functional groups attached to an aromatic ring is 1. The molecular weight excluding hydrogens is 226 g/mol. The van der Waals surface area contributed by atoms with Crippen LogP contribution in [0.25, 0.3) is 11.2 Å². The van der Waals surface area contributed by atoms with E-state index in [1.54, 1.807) is 0 Å². The Hall–Kier alpha value is -1.62. The van der Waals surface area contributed by atoms with Crippen molar-refractivity contribution in [1.82, 2.24) is 19.4 Å². The number of nitrogens with two attached hydrogens (primary N) is 1. The average molecular weight is 247 g/mol. The Balaban J connectivity index is 2.24. The summed E-state index contributed by atoms with van der Waals surface area (Å²) in [6.07, 6.45) is 1.86. The van der Waals surface area contributed by atoms with Gasteiger partial charge in [0.2, 0.25) is 5.95 Å². The van der Waals surface area contributed by atoms with Crippen LogP contribution in [-0.4, -0.2) is 39.1 Å². The summed E-state index contributed by atoms with van der Waals surface area (Å²) < 4.78 is 1.99. The molecule has 18 heavy (non-hydrogen) atoms. The lowest BCUT2D eigenvalue weighted by Crippen LogP contribution is -2.27. The zero-order valence-electron chi connectivity index (χ0n) is 11.3. The summed E-state index contributed by atoms with van der Waals surface area (Å²) in [4.78, 5) is 11.2. The predicted molar refractivity (Wildman–Crippen MR) is 74.5 cm³/mol. The Morgan fingerprint density at radius 1 is 1.33 bits per heavy atom. The lowest BCUT2D eigenvalue weighted by molar-refractivity contribution is 0.292. The third-order valence-electron chi connectivity index (χ3n) is 3.29. The van der Waals surface area contributed by atoms with Crippen molar-refractivity contribution in [3.05, 3.63) is 17.8 Å². The van der Waals surface area contributed by atoms with Gasteiger partial charge in [-0.15, -0.1) is 0 Å². The fourth-order valence-corrected chi connectivity index (χ4v) is 2.13. The summed E-state index contributed by atoms with van der Waals surface area (Å²) in [5.41, 5.74) is 8.83. The predicted octanol–water partition coefficient (Wildman–Crippen LogP) is 1.66. The van der Waals surface area contributed by atoms with E-state index in [0.29, 0.717) is 5.95 Å². The average Bonchev–Trinajstić information content (AvgIpc) is 2.66. The first-order chi connectivity index (χ1) is 8.65. The number of nitrogens with zero attached hydrogens (tertiary/aromatic N) is 4. The smallest absolute Gasteiger partial charge is 0.202 e. The van der Waals surface area contributed by atoms with E-state index in [0.717, 1.165) is 42.9 Å². The molecule has 0 radical (unpaired) electrons. The second kappa shape index (κ2) is 5.35. The first-order valence-electron chi connectivity index (χ1n) is 6.46. The van der Waals surface area contributed by atoms with Crippen molar-refractivity contribution in [3.8, 4) is 0 Å². The van der Waals surface area contributed by atoms with Crippen molar-refractivity contribution < 1.29 is 0 Å². The van der Waals surface area contributed by atoms with Gasteiger partial charge in [-0.3, -0.25) is 4.57 Å². The highest BCUT2D eigenvalue weighted by atomic mass is 15.2. The molecule has 0 bridgehead atoms. The van der Waals surface area contributed by atoms with Crippen molar-refractivity contribution >= 4 is 17.1 Å². The maximum Gasteiger partial charge on any atom is 0.202 e. The molecule has 98 valence electrons. The van der Waals surface area contributed by atoms with Gasteiger partial charge in [0.05, 0.1) is 0 Å². The minimum absolute atomic E-state index is 0.551. The second-order valence-electron chi connectivity index (χ2n) is 4.50. The molecule has 2 rings (SSSR count). The topological polar surface area (TPSA) is 60.0 Å². The van der Waals surface area contributed by atoms with Gasteiger partial charge >= 0.3 is 0 Å². The Morgan fingerprint density at radius 3 is 2.72 bits per heavy atom. The maximum absolute atomic E-state index is 5.97. The highest BCUT2D eigenvalue weighted by molar-refractivity contribution is 5.74. The molecule has 0 amide bonds. The van der Waals surface area contributed by atoms with Crippen molar-refractivity contribution in [3.63, 3.8) is 0 Å². The summed E-state index contributed by atoms with van der Waals surface area (Å²) in [5.74, 6) is 0.551. The summed E-state index contributed by atoms with van der Waals surface area (Å²) >= 11 is 0. The quantitative estimate of drug-likeness (QED) is 0.873. The van der Waals surface area contributed by atoms with Crippen LogP contribution in [0.2, 0.25) is 0 Å². The van der Waals surface area contributed by atoms with Crippen LogP contribution in [0.5, 0.6) is 0 Å². The normalized spacial score (nSPS) is 11.6. The van der Waals surface area contributed by atoms with Gasteiger partial charge in [-0.1, -0.05) is 13.8 Å². The van der Waals surface area contributed by atoms with Gasteiger partial charge < -0.3 is 10.6 Å².